The van der Waals surface area contributed by atoms with Gasteiger partial charge in [0.1, 0.15) is 0 Å². The maximum Gasteiger partial charge on any atom is 0.311 e. The Morgan fingerprint density at radius 1 is 1.10 bits per heavy atom. The topological polar surface area (TPSA) is 52.6 Å². The van der Waals surface area contributed by atoms with Gasteiger partial charge in [0, 0.05) is 11.0 Å². The molecule has 0 saturated carbocycles. The average molecular weight is 308 g/mol. The van der Waals surface area contributed by atoms with Crippen molar-refractivity contribution in [2.24, 2.45) is 11.8 Å². The van der Waals surface area contributed by atoms with E-state index in [2.05, 4.69) is 0 Å². The molecule has 114 valence electrons. The highest BCUT2D eigenvalue weighted by molar-refractivity contribution is 7.99. The number of benzene rings is 1. The Hall–Kier alpha value is -1.49. The summed E-state index contributed by atoms with van der Waals surface area (Å²) in [6, 6.07) is 9.78. The summed E-state index contributed by atoms with van der Waals surface area (Å²) < 4.78 is 10.3. The largest absolute Gasteiger partial charge is 0.466 e. The van der Waals surface area contributed by atoms with Crippen molar-refractivity contribution in [2.45, 2.75) is 19.1 Å². The molecule has 0 unspecified atom stereocenters. The molecule has 5 heteroatoms. The van der Waals surface area contributed by atoms with Gasteiger partial charge in [-0.05, 0) is 19.4 Å². The lowest BCUT2D eigenvalue weighted by Crippen LogP contribution is -2.32. The summed E-state index contributed by atoms with van der Waals surface area (Å²) in [7, 11) is 0. The molecule has 1 aromatic rings. The first-order chi connectivity index (χ1) is 10.2. The second kappa shape index (κ2) is 7.50. The van der Waals surface area contributed by atoms with Crippen molar-refractivity contribution in [2.75, 3.05) is 19.0 Å². The summed E-state index contributed by atoms with van der Waals surface area (Å²) in [6.45, 7) is 4.19. The highest BCUT2D eigenvalue weighted by Crippen LogP contribution is 2.48. The maximum absolute atomic E-state index is 12.3. The Morgan fingerprint density at radius 3 is 2.33 bits per heavy atom. The molecule has 0 N–H and O–H groups in total. The molecule has 0 aliphatic carbocycles. The molecule has 1 aliphatic heterocycles. The molecule has 0 spiro atoms. The van der Waals surface area contributed by atoms with Gasteiger partial charge in [-0.3, -0.25) is 9.59 Å². The van der Waals surface area contributed by atoms with Crippen LogP contribution in [0.4, 0.5) is 0 Å². The molecular formula is C16H20O4S. The fraction of sp³-hybridized carbons (Fsp3) is 0.500. The molecule has 1 aliphatic rings. The van der Waals surface area contributed by atoms with E-state index in [0.29, 0.717) is 19.0 Å². The van der Waals surface area contributed by atoms with Crippen molar-refractivity contribution in [1.29, 1.82) is 0 Å². The third kappa shape index (κ3) is 3.59. The Kier molecular flexibility index (Phi) is 5.67. The fourth-order valence-corrected chi connectivity index (χ4v) is 4.18. The van der Waals surface area contributed by atoms with Gasteiger partial charge in [0.2, 0.25) is 0 Å². The summed E-state index contributed by atoms with van der Waals surface area (Å²) in [5, 5.41) is -0.0559. The van der Waals surface area contributed by atoms with Gasteiger partial charge in [-0.15, -0.1) is 0 Å². The summed E-state index contributed by atoms with van der Waals surface area (Å²) in [6.07, 6.45) is 0. The van der Waals surface area contributed by atoms with Gasteiger partial charge >= 0.3 is 11.9 Å². The third-order valence-corrected chi connectivity index (χ3v) is 4.97. The monoisotopic (exact) mass is 308 g/mol. The van der Waals surface area contributed by atoms with Crippen LogP contribution in [0.3, 0.4) is 0 Å². The number of thioether (sulfide) groups is 1. The van der Waals surface area contributed by atoms with Crippen LogP contribution in [0.1, 0.15) is 24.7 Å². The van der Waals surface area contributed by atoms with E-state index in [1.807, 2.05) is 30.3 Å². The lowest BCUT2D eigenvalue weighted by Gasteiger charge is -2.21. The Morgan fingerprint density at radius 2 is 1.71 bits per heavy atom. The summed E-state index contributed by atoms with van der Waals surface area (Å²) in [5.41, 5.74) is 1.05. The molecular weight excluding hydrogens is 288 g/mol. The van der Waals surface area contributed by atoms with Crippen molar-refractivity contribution in [3.63, 3.8) is 0 Å². The zero-order chi connectivity index (χ0) is 15.2. The van der Waals surface area contributed by atoms with Gasteiger partial charge in [0.05, 0.1) is 25.0 Å². The van der Waals surface area contributed by atoms with Crippen LogP contribution in [0, 0.1) is 11.8 Å². The van der Waals surface area contributed by atoms with Gasteiger partial charge in [0.25, 0.3) is 0 Å². The summed E-state index contributed by atoms with van der Waals surface area (Å²) >= 11 is 1.62. The standard InChI is InChI=1S/C16H20O4S/c1-3-19-15(17)12-10-21-14(11-8-6-5-7-9-11)13(12)16(18)20-4-2/h5-9,12-14H,3-4,10H2,1-2H3/t12-,13+,14-/m0/s1. The van der Waals surface area contributed by atoms with Gasteiger partial charge in [-0.25, -0.2) is 0 Å². The van der Waals surface area contributed by atoms with E-state index in [-0.39, 0.29) is 17.2 Å². The van der Waals surface area contributed by atoms with E-state index in [1.54, 1.807) is 25.6 Å². The highest BCUT2D eigenvalue weighted by Gasteiger charge is 2.47. The van der Waals surface area contributed by atoms with Gasteiger partial charge < -0.3 is 9.47 Å². The molecule has 21 heavy (non-hydrogen) atoms. The highest BCUT2D eigenvalue weighted by atomic mass is 32.2. The van der Waals surface area contributed by atoms with Crippen molar-refractivity contribution >= 4 is 23.7 Å². The van der Waals surface area contributed by atoms with Gasteiger partial charge in [-0.1, -0.05) is 30.3 Å². The molecule has 0 amide bonds. The van der Waals surface area contributed by atoms with E-state index < -0.39 is 11.8 Å². The van der Waals surface area contributed by atoms with Crippen LogP contribution >= 0.6 is 11.8 Å². The SMILES string of the molecule is CCOC(=O)[C@@H]1[C@@H](C(=O)OCC)CS[C@H]1c1ccccc1. The van der Waals surface area contributed by atoms with Crippen LogP contribution in [0.15, 0.2) is 30.3 Å². The average Bonchev–Trinajstić information content (AvgIpc) is 2.93. The van der Waals surface area contributed by atoms with Crippen molar-refractivity contribution in [1.82, 2.24) is 0 Å². The zero-order valence-corrected chi connectivity index (χ0v) is 13.1. The second-order valence-electron chi connectivity index (χ2n) is 4.80. The molecule has 0 bridgehead atoms. The van der Waals surface area contributed by atoms with Crippen LogP contribution in [-0.2, 0) is 19.1 Å². The van der Waals surface area contributed by atoms with Crippen LogP contribution in [0.25, 0.3) is 0 Å². The molecule has 1 fully saturated rings. The lowest BCUT2D eigenvalue weighted by atomic mass is 9.88. The van der Waals surface area contributed by atoms with E-state index in [1.165, 1.54) is 0 Å². The molecule has 2 rings (SSSR count). The maximum atomic E-state index is 12.3. The minimum Gasteiger partial charge on any atom is -0.466 e. The van der Waals surface area contributed by atoms with Crippen LogP contribution in [0.5, 0.6) is 0 Å². The molecule has 1 heterocycles. The number of carbonyl (C=O) groups excluding carboxylic acids is 2. The molecule has 4 nitrogen and oxygen atoms in total. The summed E-state index contributed by atoms with van der Waals surface area (Å²) in [5.74, 6) is -0.937. The number of ether oxygens (including phenoxy) is 2. The van der Waals surface area contributed by atoms with E-state index in [0.717, 1.165) is 5.56 Å². The fourth-order valence-electron chi connectivity index (χ4n) is 2.56. The Bertz CT molecular complexity index is 488. The van der Waals surface area contributed by atoms with Gasteiger partial charge in [-0.2, -0.15) is 11.8 Å². The normalized spacial score (nSPS) is 24.6. The molecule has 0 aromatic heterocycles. The first-order valence-electron chi connectivity index (χ1n) is 7.18. The van der Waals surface area contributed by atoms with Crippen LogP contribution < -0.4 is 0 Å². The minimum absolute atomic E-state index is 0.0559. The zero-order valence-electron chi connectivity index (χ0n) is 12.3. The number of carbonyl (C=O) groups is 2. The van der Waals surface area contributed by atoms with Gasteiger partial charge in [0.15, 0.2) is 0 Å². The van der Waals surface area contributed by atoms with Crippen LogP contribution in [0.2, 0.25) is 0 Å². The predicted octanol–water partition coefficient (Wildman–Crippen LogP) is 2.83. The third-order valence-electron chi connectivity index (χ3n) is 3.49. The number of esters is 2. The van der Waals surface area contributed by atoms with Crippen molar-refractivity contribution in [3.05, 3.63) is 35.9 Å². The summed E-state index contributed by atoms with van der Waals surface area (Å²) in [4.78, 5) is 24.4. The number of hydrogen-bond donors (Lipinski definition) is 0. The first-order valence-corrected chi connectivity index (χ1v) is 8.23. The number of rotatable bonds is 5. The smallest absolute Gasteiger partial charge is 0.311 e. The quantitative estimate of drug-likeness (QED) is 0.783. The van der Waals surface area contributed by atoms with E-state index in [4.69, 9.17) is 9.47 Å². The Labute approximate surface area is 129 Å². The minimum atomic E-state index is -0.476. The van der Waals surface area contributed by atoms with E-state index >= 15 is 0 Å². The second-order valence-corrected chi connectivity index (χ2v) is 5.98. The number of hydrogen-bond acceptors (Lipinski definition) is 5. The Balaban J connectivity index is 2.25. The van der Waals surface area contributed by atoms with E-state index in [9.17, 15) is 9.59 Å². The van der Waals surface area contributed by atoms with Crippen molar-refractivity contribution in [3.8, 4) is 0 Å². The molecule has 0 radical (unpaired) electrons. The predicted molar refractivity (Wildman–Crippen MR) is 81.9 cm³/mol. The molecule has 3 atom stereocenters. The first kappa shape index (κ1) is 15.9. The lowest BCUT2D eigenvalue weighted by molar-refractivity contribution is -0.158. The van der Waals surface area contributed by atoms with Crippen LogP contribution in [-0.4, -0.2) is 30.9 Å². The van der Waals surface area contributed by atoms with Crippen molar-refractivity contribution < 1.29 is 19.1 Å². The molecule has 1 aromatic carbocycles. The molecule has 1 saturated heterocycles.